The molecular formula is C21H17NO2S. The summed E-state index contributed by atoms with van der Waals surface area (Å²) in [5, 5.41) is 0. The van der Waals surface area contributed by atoms with Gasteiger partial charge in [-0.25, -0.2) is 4.79 Å². The van der Waals surface area contributed by atoms with Gasteiger partial charge in [-0.15, -0.1) is 0 Å². The van der Waals surface area contributed by atoms with Crippen molar-refractivity contribution in [1.82, 2.24) is 0 Å². The van der Waals surface area contributed by atoms with Crippen LogP contribution in [0.4, 0.5) is 11.4 Å². The standard InChI is InChI=1S/C21H17NO2S/c1-24-21(23)16-12-10-15(11-13-16)14-22-17-6-2-4-8-19(17)25-20-9-5-3-7-18(20)22/h2-13H,14H2,1H3. The van der Waals surface area contributed by atoms with Crippen LogP contribution in [0.5, 0.6) is 0 Å². The minimum absolute atomic E-state index is 0.309. The Balaban J connectivity index is 1.69. The number of benzene rings is 3. The minimum Gasteiger partial charge on any atom is -0.465 e. The number of ether oxygens (including phenoxy) is 1. The Morgan fingerprint density at radius 2 is 1.44 bits per heavy atom. The Morgan fingerprint density at radius 3 is 2.00 bits per heavy atom. The van der Waals surface area contributed by atoms with E-state index in [0.717, 1.165) is 12.1 Å². The number of nitrogens with zero attached hydrogens (tertiary/aromatic N) is 1. The third-order valence-electron chi connectivity index (χ3n) is 4.25. The Bertz CT molecular complexity index is 876. The normalized spacial score (nSPS) is 12.3. The van der Waals surface area contributed by atoms with Crippen molar-refractivity contribution in [1.29, 1.82) is 0 Å². The van der Waals surface area contributed by atoms with Gasteiger partial charge in [0.2, 0.25) is 0 Å². The van der Waals surface area contributed by atoms with Crippen LogP contribution < -0.4 is 4.90 Å². The number of rotatable bonds is 3. The monoisotopic (exact) mass is 347 g/mol. The molecule has 1 aliphatic heterocycles. The molecule has 124 valence electrons. The lowest BCUT2D eigenvalue weighted by molar-refractivity contribution is 0.0600. The van der Waals surface area contributed by atoms with E-state index in [1.165, 1.54) is 28.3 Å². The molecule has 0 aliphatic carbocycles. The highest BCUT2D eigenvalue weighted by molar-refractivity contribution is 7.99. The van der Waals surface area contributed by atoms with E-state index in [2.05, 4.69) is 53.4 Å². The smallest absolute Gasteiger partial charge is 0.337 e. The van der Waals surface area contributed by atoms with E-state index in [1.807, 2.05) is 24.3 Å². The number of hydrogen-bond donors (Lipinski definition) is 0. The van der Waals surface area contributed by atoms with Crippen LogP contribution in [0.25, 0.3) is 0 Å². The number of methoxy groups -OCH3 is 1. The van der Waals surface area contributed by atoms with Crippen molar-refractivity contribution in [2.75, 3.05) is 12.0 Å². The topological polar surface area (TPSA) is 29.5 Å². The Kier molecular flexibility index (Phi) is 4.20. The molecule has 3 aromatic carbocycles. The molecule has 0 saturated carbocycles. The largest absolute Gasteiger partial charge is 0.465 e. The van der Waals surface area contributed by atoms with E-state index in [1.54, 1.807) is 11.8 Å². The Morgan fingerprint density at radius 1 is 0.880 bits per heavy atom. The quantitative estimate of drug-likeness (QED) is 0.603. The van der Waals surface area contributed by atoms with E-state index < -0.39 is 0 Å². The summed E-state index contributed by atoms with van der Waals surface area (Å²) in [4.78, 5) is 16.4. The van der Waals surface area contributed by atoms with Gasteiger partial charge < -0.3 is 9.64 Å². The molecule has 0 unspecified atom stereocenters. The van der Waals surface area contributed by atoms with E-state index >= 15 is 0 Å². The first-order chi connectivity index (χ1) is 12.3. The lowest BCUT2D eigenvalue weighted by Gasteiger charge is -2.32. The van der Waals surface area contributed by atoms with Crippen LogP contribution in [0, 0.1) is 0 Å². The van der Waals surface area contributed by atoms with E-state index in [0.29, 0.717) is 5.56 Å². The van der Waals surface area contributed by atoms with Crippen molar-refractivity contribution in [3.05, 3.63) is 83.9 Å². The maximum absolute atomic E-state index is 11.6. The summed E-state index contributed by atoms with van der Waals surface area (Å²) in [5.41, 5.74) is 4.14. The summed E-state index contributed by atoms with van der Waals surface area (Å²) in [6.45, 7) is 0.746. The van der Waals surface area contributed by atoms with Gasteiger partial charge in [0.1, 0.15) is 0 Å². The van der Waals surface area contributed by atoms with Gasteiger partial charge in [0.15, 0.2) is 0 Å². The highest BCUT2D eigenvalue weighted by Crippen LogP contribution is 2.48. The highest BCUT2D eigenvalue weighted by atomic mass is 32.2. The third-order valence-corrected chi connectivity index (χ3v) is 5.38. The molecule has 4 rings (SSSR count). The van der Waals surface area contributed by atoms with Crippen LogP contribution in [-0.4, -0.2) is 13.1 Å². The lowest BCUT2D eigenvalue weighted by Crippen LogP contribution is -2.20. The Hall–Kier alpha value is -2.72. The van der Waals surface area contributed by atoms with Crippen molar-refractivity contribution in [3.63, 3.8) is 0 Å². The van der Waals surface area contributed by atoms with Gasteiger partial charge in [-0.05, 0) is 42.0 Å². The SMILES string of the molecule is COC(=O)c1ccc(CN2c3ccccc3Sc3ccccc32)cc1. The van der Waals surface area contributed by atoms with Crippen LogP contribution in [0.1, 0.15) is 15.9 Å². The zero-order valence-corrected chi connectivity index (χ0v) is 14.6. The average molecular weight is 347 g/mol. The molecule has 1 aliphatic rings. The van der Waals surface area contributed by atoms with Crippen LogP contribution in [0.2, 0.25) is 0 Å². The number of carbonyl (C=O) groups is 1. The minimum atomic E-state index is -0.309. The summed E-state index contributed by atoms with van der Waals surface area (Å²) in [7, 11) is 1.40. The van der Waals surface area contributed by atoms with Crippen molar-refractivity contribution in [2.24, 2.45) is 0 Å². The summed E-state index contributed by atoms with van der Waals surface area (Å²) < 4.78 is 4.77. The second-order valence-electron chi connectivity index (χ2n) is 5.81. The molecule has 0 bridgehead atoms. The highest BCUT2D eigenvalue weighted by Gasteiger charge is 2.22. The molecule has 0 spiro atoms. The molecule has 0 amide bonds. The molecule has 25 heavy (non-hydrogen) atoms. The van der Waals surface area contributed by atoms with Crippen molar-refractivity contribution in [2.45, 2.75) is 16.3 Å². The van der Waals surface area contributed by atoms with Crippen LogP contribution in [0.3, 0.4) is 0 Å². The van der Waals surface area contributed by atoms with Crippen molar-refractivity contribution in [3.8, 4) is 0 Å². The second kappa shape index (κ2) is 6.65. The number of fused-ring (bicyclic) bond motifs is 2. The van der Waals surface area contributed by atoms with Crippen molar-refractivity contribution >= 4 is 29.1 Å². The predicted octanol–water partition coefficient (Wildman–Crippen LogP) is 5.28. The summed E-state index contributed by atoms with van der Waals surface area (Å²) >= 11 is 1.80. The van der Waals surface area contributed by atoms with Crippen molar-refractivity contribution < 1.29 is 9.53 Å². The summed E-state index contributed by atoms with van der Waals surface area (Å²) in [5.74, 6) is -0.309. The molecule has 0 fully saturated rings. The lowest BCUT2D eigenvalue weighted by atomic mass is 10.1. The van der Waals surface area contributed by atoms with Gasteiger partial charge in [-0.1, -0.05) is 48.2 Å². The second-order valence-corrected chi connectivity index (χ2v) is 6.90. The van der Waals surface area contributed by atoms with Gasteiger partial charge in [0.25, 0.3) is 0 Å². The molecule has 4 heteroatoms. The molecule has 0 radical (unpaired) electrons. The van der Waals surface area contributed by atoms with E-state index in [9.17, 15) is 4.79 Å². The van der Waals surface area contributed by atoms with Crippen LogP contribution >= 0.6 is 11.8 Å². The number of anilines is 2. The summed E-state index contributed by atoms with van der Waals surface area (Å²) in [6.07, 6.45) is 0. The van der Waals surface area contributed by atoms with Gasteiger partial charge in [-0.3, -0.25) is 0 Å². The van der Waals surface area contributed by atoms with E-state index in [-0.39, 0.29) is 5.97 Å². The first-order valence-corrected chi connectivity index (χ1v) is 8.88. The van der Waals surface area contributed by atoms with Gasteiger partial charge in [-0.2, -0.15) is 0 Å². The molecule has 3 aromatic rings. The van der Waals surface area contributed by atoms with Gasteiger partial charge in [0.05, 0.1) is 24.0 Å². The maximum atomic E-state index is 11.6. The first kappa shape index (κ1) is 15.8. The van der Waals surface area contributed by atoms with Crippen LogP contribution in [0.15, 0.2) is 82.6 Å². The number of carbonyl (C=O) groups excluding carboxylic acids is 1. The first-order valence-electron chi connectivity index (χ1n) is 8.07. The fourth-order valence-corrected chi connectivity index (χ4v) is 4.09. The molecular weight excluding hydrogens is 330 g/mol. The zero-order valence-electron chi connectivity index (χ0n) is 13.8. The number of hydrogen-bond acceptors (Lipinski definition) is 4. The number of para-hydroxylation sites is 2. The summed E-state index contributed by atoms with van der Waals surface area (Å²) in [6, 6.07) is 24.5. The molecule has 0 N–H and O–H groups in total. The molecule has 0 aromatic heterocycles. The molecule has 1 heterocycles. The number of esters is 1. The van der Waals surface area contributed by atoms with E-state index in [4.69, 9.17) is 4.74 Å². The van der Waals surface area contributed by atoms with Gasteiger partial charge >= 0.3 is 5.97 Å². The fraction of sp³-hybridized carbons (Fsp3) is 0.0952. The zero-order chi connectivity index (χ0) is 17.2. The van der Waals surface area contributed by atoms with Gasteiger partial charge in [0, 0.05) is 16.3 Å². The fourth-order valence-electron chi connectivity index (χ4n) is 3.00. The third kappa shape index (κ3) is 3.01. The molecule has 0 saturated heterocycles. The predicted molar refractivity (Wildman–Crippen MR) is 101 cm³/mol. The molecule has 3 nitrogen and oxygen atoms in total. The molecule has 0 atom stereocenters. The maximum Gasteiger partial charge on any atom is 0.337 e. The van der Waals surface area contributed by atoms with Crippen LogP contribution in [-0.2, 0) is 11.3 Å². The Labute approximate surface area is 151 Å². The average Bonchev–Trinajstić information content (AvgIpc) is 2.67.